The quantitative estimate of drug-likeness (QED) is 0.798. The van der Waals surface area contributed by atoms with Crippen LogP contribution >= 0.6 is 0 Å². The van der Waals surface area contributed by atoms with Crippen LogP contribution in [0.25, 0.3) is 0 Å². The van der Waals surface area contributed by atoms with Crippen molar-refractivity contribution in [3.05, 3.63) is 17.9 Å². The molecule has 4 heteroatoms. The Morgan fingerprint density at radius 3 is 2.63 bits per heavy atom. The molecule has 2 rings (SSSR count). The highest BCUT2D eigenvalue weighted by Gasteiger charge is 2.17. The van der Waals surface area contributed by atoms with Crippen LogP contribution < -0.4 is 15.2 Å². The van der Waals surface area contributed by atoms with Crippen LogP contribution in [0.1, 0.15) is 39.5 Å². The minimum Gasteiger partial charge on any atom is -0.491 e. The minimum atomic E-state index is -0.447. The van der Waals surface area contributed by atoms with Crippen LogP contribution in [0, 0.1) is 11.7 Å². The van der Waals surface area contributed by atoms with Gasteiger partial charge in [0.15, 0.2) is 11.6 Å². The van der Waals surface area contributed by atoms with Gasteiger partial charge in [-0.1, -0.05) is 19.3 Å². The van der Waals surface area contributed by atoms with Gasteiger partial charge in [-0.05, 0) is 26.2 Å². The lowest BCUT2D eigenvalue weighted by Crippen LogP contribution is -2.15. The zero-order valence-electron chi connectivity index (χ0n) is 11.6. The maximum atomic E-state index is 13.6. The molecule has 1 fully saturated rings. The van der Waals surface area contributed by atoms with Gasteiger partial charge >= 0.3 is 0 Å². The van der Waals surface area contributed by atoms with Crippen molar-refractivity contribution in [3.63, 3.8) is 0 Å². The second-order valence-corrected chi connectivity index (χ2v) is 5.42. The van der Waals surface area contributed by atoms with Gasteiger partial charge in [0, 0.05) is 12.1 Å². The topological polar surface area (TPSA) is 44.5 Å². The van der Waals surface area contributed by atoms with Gasteiger partial charge in [0.25, 0.3) is 0 Å². The maximum absolute atomic E-state index is 13.6. The number of hydrogen-bond donors (Lipinski definition) is 1. The minimum absolute atomic E-state index is 0.0825. The Balaban J connectivity index is 1.97. The summed E-state index contributed by atoms with van der Waals surface area (Å²) in [5.74, 6) is 1.05. The van der Waals surface area contributed by atoms with Crippen LogP contribution in [-0.2, 0) is 0 Å². The van der Waals surface area contributed by atoms with Gasteiger partial charge in [0.1, 0.15) is 5.75 Å². The summed E-state index contributed by atoms with van der Waals surface area (Å²) in [7, 11) is 0. The van der Waals surface area contributed by atoms with Crippen molar-refractivity contribution in [1.29, 1.82) is 0 Å². The number of rotatable bonds is 6. The van der Waals surface area contributed by atoms with E-state index in [1.54, 1.807) is 6.07 Å². The van der Waals surface area contributed by atoms with E-state index in [1.165, 1.54) is 25.3 Å². The monoisotopic (exact) mass is 267 g/mol. The molecule has 1 saturated carbocycles. The van der Waals surface area contributed by atoms with Gasteiger partial charge < -0.3 is 15.2 Å². The zero-order valence-corrected chi connectivity index (χ0v) is 11.6. The average Bonchev–Trinajstić information content (AvgIpc) is 2.27. The van der Waals surface area contributed by atoms with E-state index in [0.29, 0.717) is 18.0 Å². The lowest BCUT2D eigenvalue weighted by molar-refractivity contribution is 0.216. The molecule has 1 aliphatic carbocycles. The molecule has 2 N–H and O–H groups in total. The Hall–Kier alpha value is -1.45. The predicted molar refractivity (Wildman–Crippen MR) is 74.0 cm³/mol. The molecule has 0 aromatic heterocycles. The second kappa shape index (κ2) is 6.13. The Bertz CT molecular complexity index is 430. The molecule has 0 spiro atoms. The summed E-state index contributed by atoms with van der Waals surface area (Å²) in [5.41, 5.74) is 6.09. The van der Waals surface area contributed by atoms with E-state index in [1.807, 2.05) is 13.8 Å². The van der Waals surface area contributed by atoms with Gasteiger partial charge in [0.2, 0.25) is 0 Å². The smallest absolute Gasteiger partial charge is 0.167 e. The summed E-state index contributed by atoms with van der Waals surface area (Å²) < 4.78 is 24.7. The standard InChI is InChI=1S/C15H22FNO2/c1-10(2)19-14-9-15(13(17)8-12(14)16)18-7-6-11-4-3-5-11/h8-11H,3-7,17H2,1-2H3. The highest BCUT2D eigenvalue weighted by atomic mass is 19.1. The van der Waals surface area contributed by atoms with Crippen molar-refractivity contribution in [3.8, 4) is 11.5 Å². The summed E-state index contributed by atoms with van der Waals surface area (Å²) in [6.07, 6.45) is 4.88. The number of halogens is 1. The van der Waals surface area contributed by atoms with Crippen molar-refractivity contribution in [2.24, 2.45) is 5.92 Å². The van der Waals surface area contributed by atoms with Crippen molar-refractivity contribution < 1.29 is 13.9 Å². The first-order chi connectivity index (χ1) is 9.06. The number of hydrogen-bond acceptors (Lipinski definition) is 3. The number of ether oxygens (including phenoxy) is 2. The molecule has 19 heavy (non-hydrogen) atoms. The molecule has 0 aliphatic heterocycles. The third-order valence-electron chi connectivity index (χ3n) is 3.44. The Labute approximate surface area is 113 Å². The van der Waals surface area contributed by atoms with Crippen LogP contribution in [0.15, 0.2) is 12.1 Å². The maximum Gasteiger partial charge on any atom is 0.167 e. The second-order valence-electron chi connectivity index (χ2n) is 5.42. The molecular formula is C15H22FNO2. The highest BCUT2D eigenvalue weighted by molar-refractivity contribution is 5.56. The first-order valence-electron chi connectivity index (χ1n) is 6.94. The summed E-state index contributed by atoms with van der Waals surface area (Å²) in [6, 6.07) is 2.81. The molecule has 106 valence electrons. The molecule has 0 radical (unpaired) electrons. The number of nitrogen functional groups attached to an aromatic ring is 1. The van der Waals surface area contributed by atoms with Crippen molar-refractivity contribution in [1.82, 2.24) is 0 Å². The van der Waals surface area contributed by atoms with Crippen molar-refractivity contribution >= 4 is 5.69 Å². The molecule has 0 atom stereocenters. The molecule has 0 saturated heterocycles. The van der Waals surface area contributed by atoms with Gasteiger partial charge in [0.05, 0.1) is 18.4 Å². The van der Waals surface area contributed by atoms with Crippen LogP contribution in [0.2, 0.25) is 0 Å². The van der Waals surface area contributed by atoms with E-state index in [2.05, 4.69) is 0 Å². The van der Waals surface area contributed by atoms with Crippen LogP contribution in [0.5, 0.6) is 11.5 Å². The van der Waals surface area contributed by atoms with Gasteiger partial charge in [-0.15, -0.1) is 0 Å². The Kier molecular flexibility index (Phi) is 4.51. The third kappa shape index (κ3) is 3.75. The molecule has 1 aliphatic rings. The summed E-state index contributed by atoms with van der Waals surface area (Å²) in [6.45, 7) is 4.33. The van der Waals surface area contributed by atoms with E-state index < -0.39 is 5.82 Å². The average molecular weight is 267 g/mol. The van der Waals surface area contributed by atoms with Crippen molar-refractivity contribution in [2.75, 3.05) is 12.3 Å². The molecule has 1 aromatic rings. The van der Waals surface area contributed by atoms with E-state index in [-0.39, 0.29) is 11.9 Å². The molecule has 0 heterocycles. The molecule has 0 amide bonds. The lowest BCUT2D eigenvalue weighted by atomic mass is 9.83. The molecular weight excluding hydrogens is 245 g/mol. The molecule has 0 bridgehead atoms. The number of anilines is 1. The first-order valence-corrected chi connectivity index (χ1v) is 6.94. The third-order valence-corrected chi connectivity index (χ3v) is 3.44. The van der Waals surface area contributed by atoms with E-state index >= 15 is 0 Å². The van der Waals surface area contributed by atoms with E-state index in [0.717, 1.165) is 12.3 Å². The molecule has 0 unspecified atom stereocenters. The van der Waals surface area contributed by atoms with Gasteiger partial charge in [-0.2, -0.15) is 0 Å². The highest BCUT2D eigenvalue weighted by Crippen LogP contribution is 2.32. The normalized spacial score (nSPS) is 15.4. The fourth-order valence-corrected chi connectivity index (χ4v) is 2.14. The summed E-state index contributed by atoms with van der Waals surface area (Å²) in [5, 5.41) is 0. The van der Waals surface area contributed by atoms with Gasteiger partial charge in [-0.3, -0.25) is 0 Å². The summed E-state index contributed by atoms with van der Waals surface area (Å²) >= 11 is 0. The predicted octanol–water partition coefficient (Wildman–Crippen LogP) is 3.76. The van der Waals surface area contributed by atoms with Crippen LogP contribution in [0.3, 0.4) is 0 Å². The molecule has 1 aromatic carbocycles. The number of benzene rings is 1. The fraction of sp³-hybridized carbons (Fsp3) is 0.600. The van der Waals surface area contributed by atoms with Crippen molar-refractivity contribution in [2.45, 2.75) is 45.6 Å². The Morgan fingerprint density at radius 2 is 2.05 bits per heavy atom. The number of nitrogens with two attached hydrogens (primary N) is 1. The van der Waals surface area contributed by atoms with Crippen LogP contribution in [-0.4, -0.2) is 12.7 Å². The Morgan fingerprint density at radius 1 is 1.32 bits per heavy atom. The van der Waals surface area contributed by atoms with Gasteiger partial charge in [-0.25, -0.2) is 4.39 Å². The fourth-order valence-electron chi connectivity index (χ4n) is 2.14. The van der Waals surface area contributed by atoms with E-state index in [9.17, 15) is 4.39 Å². The summed E-state index contributed by atoms with van der Waals surface area (Å²) in [4.78, 5) is 0. The molecule has 3 nitrogen and oxygen atoms in total. The first kappa shape index (κ1) is 14.0. The lowest BCUT2D eigenvalue weighted by Gasteiger charge is -2.25. The SMILES string of the molecule is CC(C)Oc1cc(OCCC2CCC2)c(N)cc1F. The largest absolute Gasteiger partial charge is 0.491 e. The zero-order chi connectivity index (χ0) is 13.8. The van der Waals surface area contributed by atoms with Crippen LogP contribution in [0.4, 0.5) is 10.1 Å². The van der Waals surface area contributed by atoms with E-state index in [4.69, 9.17) is 15.2 Å².